The number of hydrogen-bond acceptors (Lipinski definition) is 2. The minimum Gasteiger partial charge on any atom is -0.392 e. The minimum atomic E-state index is 0.107. The number of aliphatic hydroxyl groups excluding tert-OH is 1. The summed E-state index contributed by atoms with van der Waals surface area (Å²) in [5.74, 6) is 0. The van der Waals surface area contributed by atoms with Crippen LogP contribution in [0.1, 0.15) is 13.3 Å². The summed E-state index contributed by atoms with van der Waals surface area (Å²) in [4.78, 5) is 0. The maximum atomic E-state index is 8.28. The van der Waals surface area contributed by atoms with Gasteiger partial charge in [-0.3, -0.25) is 0 Å². The SMILES string of the molecule is CCCOC/C=C/CO. The second kappa shape index (κ2) is 7.66. The fourth-order valence-corrected chi connectivity index (χ4v) is 0.438. The van der Waals surface area contributed by atoms with Crippen LogP contribution in [0.15, 0.2) is 12.2 Å². The van der Waals surface area contributed by atoms with Crippen molar-refractivity contribution in [2.75, 3.05) is 19.8 Å². The molecule has 0 aliphatic carbocycles. The zero-order valence-corrected chi connectivity index (χ0v) is 5.84. The molecule has 0 aliphatic heterocycles. The van der Waals surface area contributed by atoms with Crippen molar-refractivity contribution in [2.45, 2.75) is 13.3 Å². The normalized spacial score (nSPS) is 10.9. The van der Waals surface area contributed by atoms with Gasteiger partial charge in [0.25, 0.3) is 0 Å². The quantitative estimate of drug-likeness (QED) is 0.443. The molecule has 0 fully saturated rings. The van der Waals surface area contributed by atoms with Gasteiger partial charge < -0.3 is 9.84 Å². The molecule has 0 spiro atoms. The summed E-state index contributed by atoms with van der Waals surface area (Å²) in [5, 5.41) is 8.28. The first kappa shape index (κ1) is 8.66. The number of ether oxygens (including phenoxy) is 1. The average Bonchev–Trinajstić information content (AvgIpc) is 1.89. The summed E-state index contributed by atoms with van der Waals surface area (Å²) in [6.07, 6.45) is 4.54. The minimum absolute atomic E-state index is 0.107. The van der Waals surface area contributed by atoms with Crippen LogP contribution in [0.2, 0.25) is 0 Å². The van der Waals surface area contributed by atoms with E-state index in [-0.39, 0.29) is 6.61 Å². The van der Waals surface area contributed by atoms with E-state index < -0.39 is 0 Å². The lowest BCUT2D eigenvalue weighted by Crippen LogP contribution is -1.91. The van der Waals surface area contributed by atoms with Gasteiger partial charge in [-0.15, -0.1) is 0 Å². The standard InChI is InChI=1S/C7H14O2/c1-2-6-9-7-4-3-5-8/h3-4,8H,2,5-7H2,1H3/b4-3+. The van der Waals surface area contributed by atoms with Gasteiger partial charge in [-0.25, -0.2) is 0 Å². The number of rotatable bonds is 5. The highest BCUT2D eigenvalue weighted by atomic mass is 16.5. The Hall–Kier alpha value is -0.340. The molecular formula is C7H14O2. The van der Waals surface area contributed by atoms with Crippen molar-refractivity contribution in [3.05, 3.63) is 12.2 Å². The highest BCUT2D eigenvalue weighted by molar-refractivity contribution is 4.79. The molecule has 0 aliphatic rings. The van der Waals surface area contributed by atoms with E-state index in [2.05, 4.69) is 6.92 Å². The Morgan fingerprint density at radius 1 is 1.44 bits per heavy atom. The molecule has 0 heterocycles. The third-order valence-electron chi connectivity index (χ3n) is 0.835. The van der Waals surface area contributed by atoms with E-state index in [1.807, 2.05) is 6.08 Å². The summed E-state index contributed by atoms with van der Waals surface area (Å²) in [6.45, 7) is 3.59. The molecule has 0 atom stereocenters. The van der Waals surface area contributed by atoms with Gasteiger partial charge in [-0.05, 0) is 6.42 Å². The maximum absolute atomic E-state index is 8.28. The molecule has 9 heavy (non-hydrogen) atoms. The Labute approximate surface area is 56.1 Å². The largest absolute Gasteiger partial charge is 0.392 e. The molecule has 0 radical (unpaired) electrons. The molecule has 0 aromatic rings. The first-order valence-corrected chi connectivity index (χ1v) is 3.25. The Kier molecular flexibility index (Phi) is 7.37. The van der Waals surface area contributed by atoms with Crippen LogP contribution in [0.3, 0.4) is 0 Å². The van der Waals surface area contributed by atoms with Crippen LogP contribution in [-0.4, -0.2) is 24.9 Å². The molecule has 0 amide bonds. The van der Waals surface area contributed by atoms with Crippen molar-refractivity contribution < 1.29 is 9.84 Å². The molecule has 0 aromatic heterocycles. The van der Waals surface area contributed by atoms with Gasteiger partial charge in [0.05, 0.1) is 13.2 Å². The van der Waals surface area contributed by atoms with E-state index in [0.29, 0.717) is 6.61 Å². The Morgan fingerprint density at radius 3 is 2.78 bits per heavy atom. The van der Waals surface area contributed by atoms with Gasteiger partial charge >= 0.3 is 0 Å². The second-order valence-corrected chi connectivity index (χ2v) is 1.73. The first-order chi connectivity index (χ1) is 4.41. The van der Waals surface area contributed by atoms with Gasteiger partial charge in [0.1, 0.15) is 0 Å². The first-order valence-electron chi connectivity index (χ1n) is 3.25. The van der Waals surface area contributed by atoms with Crippen LogP contribution in [0.5, 0.6) is 0 Å². The summed E-state index contributed by atoms with van der Waals surface area (Å²) in [6, 6.07) is 0. The van der Waals surface area contributed by atoms with Gasteiger partial charge in [0, 0.05) is 6.61 Å². The summed E-state index contributed by atoms with van der Waals surface area (Å²) in [5.41, 5.74) is 0. The van der Waals surface area contributed by atoms with E-state index in [1.54, 1.807) is 6.08 Å². The molecule has 0 unspecified atom stereocenters. The molecule has 0 saturated carbocycles. The predicted molar refractivity (Wildman–Crippen MR) is 37.3 cm³/mol. The monoisotopic (exact) mass is 130 g/mol. The third kappa shape index (κ3) is 7.66. The molecule has 0 rings (SSSR count). The lowest BCUT2D eigenvalue weighted by atomic mass is 10.5. The lowest BCUT2D eigenvalue weighted by molar-refractivity contribution is 0.162. The maximum Gasteiger partial charge on any atom is 0.0648 e. The highest BCUT2D eigenvalue weighted by Crippen LogP contribution is 1.80. The summed E-state index contributed by atoms with van der Waals surface area (Å²) < 4.78 is 5.09. The van der Waals surface area contributed by atoms with Crippen LogP contribution in [0, 0.1) is 0 Å². The molecule has 0 saturated heterocycles. The fourth-order valence-electron chi connectivity index (χ4n) is 0.438. The smallest absolute Gasteiger partial charge is 0.0648 e. The predicted octanol–water partition coefficient (Wildman–Crippen LogP) is 0.961. The zero-order valence-electron chi connectivity index (χ0n) is 5.84. The van der Waals surface area contributed by atoms with Crippen molar-refractivity contribution in [2.24, 2.45) is 0 Å². The van der Waals surface area contributed by atoms with E-state index in [0.717, 1.165) is 13.0 Å². The topological polar surface area (TPSA) is 29.5 Å². The average molecular weight is 130 g/mol. The fraction of sp³-hybridized carbons (Fsp3) is 0.714. The highest BCUT2D eigenvalue weighted by Gasteiger charge is 1.77. The van der Waals surface area contributed by atoms with Gasteiger partial charge in [0.15, 0.2) is 0 Å². The van der Waals surface area contributed by atoms with Crippen LogP contribution in [0.25, 0.3) is 0 Å². The Bertz CT molecular complexity index is 69.3. The van der Waals surface area contributed by atoms with E-state index in [4.69, 9.17) is 9.84 Å². The van der Waals surface area contributed by atoms with E-state index >= 15 is 0 Å². The van der Waals surface area contributed by atoms with Crippen molar-refractivity contribution in [3.63, 3.8) is 0 Å². The van der Waals surface area contributed by atoms with Gasteiger partial charge in [-0.1, -0.05) is 19.1 Å². The molecule has 1 N–H and O–H groups in total. The van der Waals surface area contributed by atoms with E-state index in [1.165, 1.54) is 0 Å². The van der Waals surface area contributed by atoms with Crippen molar-refractivity contribution in [3.8, 4) is 0 Å². The van der Waals surface area contributed by atoms with Crippen LogP contribution >= 0.6 is 0 Å². The molecular weight excluding hydrogens is 116 g/mol. The number of hydrogen-bond donors (Lipinski definition) is 1. The van der Waals surface area contributed by atoms with Gasteiger partial charge in [-0.2, -0.15) is 0 Å². The Morgan fingerprint density at radius 2 is 2.22 bits per heavy atom. The van der Waals surface area contributed by atoms with Crippen molar-refractivity contribution in [1.29, 1.82) is 0 Å². The van der Waals surface area contributed by atoms with Crippen LogP contribution in [0.4, 0.5) is 0 Å². The lowest BCUT2D eigenvalue weighted by Gasteiger charge is -1.94. The van der Waals surface area contributed by atoms with Crippen LogP contribution in [-0.2, 0) is 4.74 Å². The third-order valence-corrected chi connectivity index (χ3v) is 0.835. The molecule has 2 nitrogen and oxygen atoms in total. The Balaban J connectivity index is 2.82. The van der Waals surface area contributed by atoms with Crippen molar-refractivity contribution >= 4 is 0 Å². The molecule has 54 valence electrons. The van der Waals surface area contributed by atoms with Gasteiger partial charge in [0.2, 0.25) is 0 Å². The summed E-state index contributed by atoms with van der Waals surface area (Å²) >= 11 is 0. The zero-order chi connectivity index (χ0) is 6.95. The molecule has 2 heteroatoms. The second-order valence-electron chi connectivity index (χ2n) is 1.73. The summed E-state index contributed by atoms with van der Waals surface area (Å²) in [7, 11) is 0. The van der Waals surface area contributed by atoms with E-state index in [9.17, 15) is 0 Å². The molecule has 0 aromatic carbocycles. The van der Waals surface area contributed by atoms with Crippen molar-refractivity contribution in [1.82, 2.24) is 0 Å². The molecule has 0 bridgehead atoms. The van der Waals surface area contributed by atoms with Crippen LogP contribution < -0.4 is 0 Å². The number of aliphatic hydroxyl groups is 1.